The molecule has 42 heavy (non-hydrogen) atoms. The second kappa shape index (κ2) is 9.16. The Labute approximate surface area is 245 Å². The van der Waals surface area contributed by atoms with Crippen LogP contribution in [-0.2, 0) is 30.2 Å². The van der Waals surface area contributed by atoms with Crippen molar-refractivity contribution >= 4 is 11.9 Å². The number of hydrogen-bond acceptors (Lipinski definition) is 9. The summed E-state index contributed by atoms with van der Waals surface area (Å²) >= 11 is 0. The van der Waals surface area contributed by atoms with Crippen molar-refractivity contribution in [1.82, 2.24) is 0 Å². The highest BCUT2D eigenvalue weighted by atomic mass is 16.8. The predicted molar refractivity (Wildman–Crippen MR) is 152 cm³/mol. The number of rotatable bonds is 0. The largest absolute Gasteiger partial charge is 0.504 e. The molecule has 4 heterocycles. The molecule has 1 aromatic carbocycles. The first-order chi connectivity index (χ1) is 19.5. The topological polar surface area (TPSA) is 129 Å². The van der Waals surface area contributed by atoms with Crippen LogP contribution in [0.2, 0.25) is 0 Å². The first-order valence-corrected chi connectivity index (χ1v) is 14.8. The Morgan fingerprint density at radius 2 is 1.69 bits per heavy atom. The van der Waals surface area contributed by atoms with Crippen molar-refractivity contribution in [1.29, 1.82) is 0 Å². The zero-order chi connectivity index (χ0) is 30.5. The van der Waals surface area contributed by atoms with Gasteiger partial charge in [-0.05, 0) is 87.5 Å². The normalized spacial score (nSPS) is 41.1. The Hall–Kier alpha value is -3.17. The highest BCUT2D eigenvalue weighted by Crippen LogP contribution is 2.60. The molecule has 0 bridgehead atoms. The lowest BCUT2D eigenvalue weighted by atomic mass is 9.64. The Balaban J connectivity index is 1.47. The minimum atomic E-state index is -1.58. The third-order valence-electron chi connectivity index (χ3n) is 10.6. The number of carbonyl (C=O) groups is 2. The number of hydrogen-bond donors (Lipinski definition) is 2. The lowest BCUT2D eigenvalue weighted by Gasteiger charge is -2.57. The number of aliphatic hydroxyl groups excluding tert-OH is 1. The van der Waals surface area contributed by atoms with E-state index < -0.39 is 46.1 Å². The molecule has 0 spiro atoms. The van der Waals surface area contributed by atoms with E-state index in [-0.39, 0.29) is 35.8 Å². The van der Waals surface area contributed by atoms with Gasteiger partial charge in [0.1, 0.15) is 17.8 Å². The summed E-state index contributed by atoms with van der Waals surface area (Å²) in [6.07, 6.45) is 6.65. The number of allylic oxidation sites excluding steroid dienone is 1. The van der Waals surface area contributed by atoms with Crippen molar-refractivity contribution in [3.8, 4) is 11.5 Å². The zero-order valence-corrected chi connectivity index (χ0v) is 25.1. The molecular weight excluding hydrogens is 540 g/mol. The maximum absolute atomic E-state index is 12.8. The fraction of sp³-hybridized carbons (Fsp3) is 0.606. The molecule has 5 aliphatic rings. The molecule has 1 aliphatic carbocycles. The van der Waals surface area contributed by atoms with Gasteiger partial charge in [-0.3, -0.25) is 9.59 Å². The van der Waals surface area contributed by atoms with E-state index in [1.807, 2.05) is 20.8 Å². The molecule has 6 rings (SSSR count). The minimum absolute atomic E-state index is 0.134. The van der Waals surface area contributed by atoms with Crippen LogP contribution in [0.5, 0.6) is 11.5 Å². The third-order valence-corrected chi connectivity index (χ3v) is 10.6. The van der Waals surface area contributed by atoms with Crippen LogP contribution in [0.4, 0.5) is 0 Å². The average Bonchev–Trinajstić information content (AvgIpc) is 3.10. The van der Waals surface area contributed by atoms with Gasteiger partial charge in [0.15, 0.2) is 11.4 Å². The SMILES string of the molecule is CC1=CC(=O)O[C@@]23CC(=O)O[C@@]12C[C@H]1C[C@H](O)[C@@]2(C)Oc4cc(=O)c(O)cc(C)c4C[C@H]2CC(C)(C)/C=C/C[C@]1(C)O3. The summed E-state index contributed by atoms with van der Waals surface area (Å²) in [6.45, 7) is 11.7. The van der Waals surface area contributed by atoms with Crippen molar-refractivity contribution < 1.29 is 38.7 Å². The Bertz CT molecular complexity index is 1490. The van der Waals surface area contributed by atoms with E-state index in [1.165, 1.54) is 18.2 Å². The van der Waals surface area contributed by atoms with Crippen LogP contribution in [0, 0.1) is 24.2 Å². The summed E-state index contributed by atoms with van der Waals surface area (Å²) in [5.74, 6) is -3.10. The molecule has 0 amide bonds. The molecule has 0 saturated carbocycles. The van der Waals surface area contributed by atoms with E-state index in [9.17, 15) is 24.6 Å². The molecule has 4 aliphatic heterocycles. The Kier molecular flexibility index (Phi) is 6.31. The molecular formula is C33H40O9. The minimum Gasteiger partial charge on any atom is -0.504 e. The van der Waals surface area contributed by atoms with Gasteiger partial charge in [0.2, 0.25) is 5.43 Å². The van der Waals surface area contributed by atoms with Gasteiger partial charge in [0, 0.05) is 24.5 Å². The van der Waals surface area contributed by atoms with Crippen molar-refractivity contribution in [2.45, 2.75) is 109 Å². The summed E-state index contributed by atoms with van der Waals surface area (Å²) < 4.78 is 25.2. The summed E-state index contributed by atoms with van der Waals surface area (Å²) in [5.41, 5.74) is -1.97. The second-order valence-electron chi connectivity index (χ2n) is 14.1. The lowest BCUT2D eigenvalue weighted by molar-refractivity contribution is -0.352. The first kappa shape index (κ1) is 28.9. The van der Waals surface area contributed by atoms with E-state index >= 15 is 0 Å². The summed E-state index contributed by atoms with van der Waals surface area (Å²) in [7, 11) is 0. The van der Waals surface area contributed by atoms with E-state index in [1.54, 1.807) is 6.92 Å². The van der Waals surface area contributed by atoms with Crippen LogP contribution in [0.1, 0.15) is 77.8 Å². The number of aliphatic hydroxyl groups is 1. The fourth-order valence-corrected chi connectivity index (χ4v) is 8.08. The summed E-state index contributed by atoms with van der Waals surface area (Å²) in [4.78, 5) is 38.0. The number of esters is 2. The number of carbonyl (C=O) groups excluding carboxylic acids is 2. The maximum Gasteiger partial charge on any atom is 0.333 e. The first-order valence-electron chi connectivity index (χ1n) is 14.8. The molecule has 2 saturated heterocycles. The zero-order valence-electron chi connectivity index (χ0n) is 25.1. The van der Waals surface area contributed by atoms with Crippen molar-refractivity contribution in [3.63, 3.8) is 0 Å². The van der Waals surface area contributed by atoms with Crippen LogP contribution < -0.4 is 10.2 Å². The van der Waals surface area contributed by atoms with E-state index in [2.05, 4.69) is 26.0 Å². The average molecular weight is 581 g/mol. The number of ether oxygens (including phenoxy) is 4. The molecule has 0 unspecified atom stereocenters. The van der Waals surface area contributed by atoms with Crippen LogP contribution in [0.3, 0.4) is 0 Å². The number of fused-ring (bicyclic) bond motifs is 3. The van der Waals surface area contributed by atoms with Crippen molar-refractivity contribution in [2.24, 2.45) is 17.3 Å². The predicted octanol–water partition coefficient (Wildman–Crippen LogP) is 4.18. The molecule has 1 aromatic rings. The summed E-state index contributed by atoms with van der Waals surface area (Å²) in [6, 6.07) is 2.79. The summed E-state index contributed by atoms with van der Waals surface area (Å²) in [5, 5.41) is 22.4. The molecule has 0 aromatic heterocycles. The molecule has 2 N–H and O–H groups in total. The van der Waals surface area contributed by atoms with Crippen molar-refractivity contribution in [3.05, 3.63) is 57.3 Å². The highest BCUT2D eigenvalue weighted by molar-refractivity contribution is 5.87. The fourth-order valence-electron chi connectivity index (χ4n) is 8.08. The van der Waals surface area contributed by atoms with Gasteiger partial charge in [-0.15, -0.1) is 0 Å². The molecule has 7 atom stereocenters. The van der Waals surface area contributed by atoms with Gasteiger partial charge in [-0.25, -0.2) is 4.79 Å². The molecule has 0 radical (unpaired) electrons. The van der Waals surface area contributed by atoms with Gasteiger partial charge in [0.25, 0.3) is 5.79 Å². The number of aryl methyl sites for hydroxylation is 1. The van der Waals surface area contributed by atoms with Crippen LogP contribution in [0.25, 0.3) is 0 Å². The molecule has 2 fully saturated rings. The number of aromatic hydroxyl groups is 1. The molecule has 226 valence electrons. The van der Waals surface area contributed by atoms with Gasteiger partial charge < -0.3 is 29.2 Å². The van der Waals surface area contributed by atoms with Gasteiger partial charge >= 0.3 is 11.9 Å². The quantitative estimate of drug-likeness (QED) is 0.343. The van der Waals surface area contributed by atoms with E-state index in [4.69, 9.17) is 18.9 Å². The smallest absolute Gasteiger partial charge is 0.333 e. The van der Waals surface area contributed by atoms with Gasteiger partial charge in [-0.2, -0.15) is 0 Å². The molecule has 9 heteroatoms. The highest BCUT2D eigenvalue weighted by Gasteiger charge is 2.73. The maximum atomic E-state index is 12.8. The standard InChI is InChI=1S/C33H40O9/c1-18-10-23(34)24(35)14-25-22(18)12-21-15-29(3,4)8-7-9-30(5)20(13-26(36)31(21,6)39-25)16-32-19(2)11-27(37)41-33(32,42-30)17-28(38)40-32/h7-8,10-11,14,20-21,26,36H,9,12-13,15-17H2,1-6H3,(H,34,35)/b8-7+/t20-,21+,26+,30+,31+,32+,33-/m1/s1. The van der Waals surface area contributed by atoms with E-state index in [0.29, 0.717) is 37.0 Å². The van der Waals surface area contributed by atoms with Gasteiger partial charge in [0.05, 0.1) is 11.7 Å². The Morgan fingerprint density at radius 3 is 2.43 bits per heavy atom. The second-order valence-corrected chi connectivity index (χ2v) is 14.1. The van der Waals surface area contributed by atoms with Crippen molar-refractivity contribution in [2.75, 3.05) is 0 Å². The van der Waals surface area contributed by atoms with Crippen LogP contribution in [-0.4, -0.2) is 50.8 Å². The van der Waals surface area contributed by atoms with E-state index in [0.717, 1.165) is 11.1 Å². The molecule has 9 nitrogen and oxygen atoms in total. The monoisotopic (exact) mass is 580 g/mol. The third kappa shape index (κ3) is 4.22. The van der Waals surface area contributed by atoms with Crippen LogP contribution in [0.15, 0.2) is 40.7 Å². The lowest BCUT2D eigenvalue weighted by Crippen LogP contribution is -2.68. The van der Waals surface area contributed by atoms with Gasteiger partial charge in [-0.1, -0.05) is 26.0 Å². The van der Waals surface area contributed by atoms with Crippen LogP contribution >= 0.6 is 0 Å². The Morgan fingerprint density at radius 1 is 0.952 bits per heavy atom.